The Labute approximate surface area is 126 Å². The van der Waals surface area contributed by atoms with Crippen molar-refractivity contribution in [1.82, 2.24) is 19.8 Å². The second kappa shape index (κ2) is 5.42. The van der Waals surface area contributed by atoms with Crippen LogP contribution >= 0.6 is 23.4 Å². The van der Waals surface area contributed by atoms with Gasteiger partial charge in [0.15, 0.2) is 10.8 Å². The summed E-state index contributed by atoms with van der Waals surface area (Å²) >= 11 is 7.90. The molecular weight excluding hydrogens is 292 g/mol. The van der Waals surface area contributed by atoms with Crippen LogP contribution in [0.5, 0.6) is 0 Å². The fourth-order valence-electron chi connectivity index (χ4n) is 1.95. The summed E-state index contributed by atoms with van der Waals surface area (Å²) in [6.45, 7) is 4.12. The average Bonchev–Trinajstić information content (AvgIpc) is 2.82. The van der Waals surface area contributed by atoms with Crippen LogP contribution in [0.25, 0.3) is 16.8 Å². The van der Waals surface area contributed by atoms with E-state index in [0.29, 0.717) is 10.8 Å². The minimum atomic E-state index is 0.458. The molecule has 102 valence electrons. The molecule has 2 aromatic heterocycles. The zero-order valence-electron chi connectivity index (χ0n) is 11.2. The van der Waals surface area contributed by atoms with Crippen LogP contribution in [-0.4, -0.2) is 25.6 Å². The minimum absolute atomic E-state index is 0.458. The molecule has 0 aliphatic carbocycles. The van der Waals surface area contributed by atoms with Gasteiger partial charge in [0, 0.05) is 5.56 Å². The minimum Gasteiger partial charge on any atom is -0.186 e. The van der Waals surface area contributed by atoms with Crippen molar-refractivity contribution in [2.45, 2.75) is 19.0 Å². The molecule has 20 heavy (non-hydrogen) atoms. The maximum Gasteiger partial charge on any atom is 0.212 e. The molecule has 0 amide bonds. The van der Waals surface area contributed by atoms with E-state index in [-0.39, 0.29) is 0 Å². The zero-order valence-corrected chi connectivity index (χ0v) is 12.7. The van der Waals surface area contributed by atoms with Crippen LogP contribution in [-0.2, 0) is 0 Å². The summed E-state index contributed by atoms with van der Waals surface area (Å²) in [6.07, 6.45) is 0. The molecule has 0 N–H and O–H groups in total. The number of nitrogens with zero attached hydrogens (tertiary/aromatic N) is 4. The van der Waals surface area contributed by atoms with Gasteiger partial charge in [0.05, 0.1) is 0 Å². The Morgan fingerprint density at radius 2 is 1.95 bits per heavy atom. The predicted octanol–water partition coefficient (Wildman–Crippen LogP) is 3.87. The van der Waals surface area contributed by atoms with Gasteiger partial charge in [0.1, 0.15) is 0 Å². The first-order valence-electron chi connectivity index (χ1n) is 6.31. The second-order valence-electron chi connectivity index (χ2n) is 4.40. The Morgan fingerprint density at radius 3 is 2.65 bits per heavy atom. The van der Waals surface area contributed by atoms with Gasteiger partial charge in [0.2, 0.25) is 5.16 Å². The van der Waals surface area contributed by atoms with Crippen molar-refractivity contribution >= 4 is 29.0 Å². The lowest BCUT2D eigenvalue weighted by Crippen LogP contribution is -1.96. The summed E-state index contributed by atoms with van der Waals surface area (Å²) in [5, 5.41) is 13.9. The molecule has 3 aromatic rings. The molecular formula is C14H13ClN4S. The van der Waals surface area contributed by atoms with Crippen molar-refractivity contribution in [3.8, 4) is 11.1 Å². The van der Waals surface area contributed by atoms with Gasteiger partial charge in [-0.1, -0.05) is 60.1 Å². The van der Waals surface area contributed by atoms with Crippen molar-refractivity contribution in [3.05, 3.63) is 41.0 Å². The van der Waals surface area contributed by atoms with Crippen LogP contribution in [0.4, 0.5) is 0 Å². The smallest absolute Gasteiger partial charge is 0.186 e. The third-order valence-corrected chi connectivity index (χ3v) is 4.04. The standard InChI is InChI=1S/C14H13ClN4S/c1-3-20-14-17-16-12-8-11(13(15)18-19(12)14)10-6-4-9(2)5-7-10/h4-8H,3H2,1-2H3. The Bertz CT molecular complexity index is 752. The molecule has 0 radical (unpaired) electrons. The summed E-state index contributed by atoms with van der Waals surface area (Å²) in [7, 11) is 0. The maximum atomic E-state index is 6.31. The highest BCUT2D eigenvalue weighted by Gasteiger charge is 2.12. The average molecular weight is 305 g/mol. The number of aryl methyl sites for hydroxylation is 1. The van der Waals surface area contributed by atoms with Gasteiger partial charge in [-0.25, -0.2) is 0 Å². The largest absolute Gasteiger partial charge is 0.212 e. The SMILES string of the molecule is CCSc1nnc2cc(-c3ccc(C)cc3)c(Cl)nn12. The van der Waals surface area contributed by atoms with E-state index in [2.05, 4.69) is 41.3 Å². The highest BCUT2D eigenvalue weighted by Crippen LogP contribution is 2.28. The van der Waals surface area contributed by atoms with E-state index < -0.39 is 0 Å². The molecule has 1 aromatic carbocycles. The highest BCUT2D eigenvalue weighted by molar-refractivity contribution is 7.99. The van der Waals surface area contributed by atoms with E-state index in [0.717, 1.165) is 22.0 Å². The number of hydrogen-bond donors (Lipinski definition) is 0. The maximum absolute atomic E-state index is 6.31. The lowest BCUT2D eigenvalue weighted by molar-refractivity contribution is 0.810. The normalized spacial score (nSPS) is 11.2. The van der Waals surface area contributed by atoms with E-state index >= 15 is 0 Å². The molecule has 0 aliphatic rings. The number of fused-ring (bicyclic) bond motifs is 1. The zero-order chi connectivity index (χ0) is 14.1. The second-order valence-corrected chi connectivity index (χ2v) is 5.99. The van der Waals surface area contributed by atoms with Gasteiger partial charge in [0.25, 0.3) is 0 Å². The van der Waals surface area contributed by atoms with Crippen molar-refractivity contribution in [1.29, 1.82) is 0 Å². The molecule has 0 spiro atoms. The van der Waals surface area contributed by atoms with E-state index in [9.17, 15) is 0 Å². The Morgan fingerprint density at radius 1 is 1.20 bits per heavy atom. The van der Waals surface area contributed by atoms with Crippen LogP contribution in [0.2, 0.25) is 5.15 Å². The molecule has 0 saturated carbocycles. The molecule has 0 saturated heterocycles. The fraction of sp³-hybridized carbons (Fsp3) is 0.214. The van der Waals surface area contributed by atoms with Gasteiger partial charge in [-0.2, -0.15) is 9.61 Å². The summed E-state index contributed by atoms with van der Waals surface area (Å²) in [6, 6.07) is 10.1. The molecule has 0 unspecified atom stereocenters. The summed E-state index contributed by atoms with van der Waals surface area (Å²) < 4.78 is 1.69. The number of halogens is 1. The van der Waals surface area contributed by atoms with E-state index in [1.165, 1.54) is 5.56 Å². The van der Waals surface area contributed by atoms with Gasteiger partial charge in [-0.3, -0.25) is 0 Å². The first-order valence-corrected chi connectivity index (χ1v) is 7.67. The summed E-state index contributed by atoms with van der Waals surface area (Å²) in [5.74, 6) is 0.916. The molecule has 0 fully saturated rings. The van der Waals surface area contributed by atoms with Crippen LogP contribution in [0, 0.1) is 6.92 Å². The van der Waals surface area contributed by atoms with Gasteiger partial charge in [-0.15, -0.1) is 10.2 Å². The molecule has 3 rings (SSSR count). The van der Waals surface area contributed by atoms with E-state index in [4.69, 9.17) is 11.6 Å². The molecule has 0 atom stereocenters. The van der Waals surface area contributed by atoms with Crippen molar-refractivity contribution in [2.24, 2.45) is 0 Å². The van der Waals surface area contributed by atoms with Gasteiger partial charge < -0.3 is 0 Å². The monoisotopic (exact) mass is 304 g/mol. The summed E-state index contributed by atoms with van der Waals surface area (Å²) in [4.78, 5) is 0. The third kappa shape index (κ3) is 2.39. The van der Waals surface area contributed by atoms with Gasteiger partial charge in [-0.05, 0) is 24.3 Å². The fourth-order valence-corrected chi connectivity index (χ4v) is 2.80. The summed E-state index contributed by atoms with van der Waals surface area (Å²) in [5.41, 5.74) is 3.83. The lowest BCUT2D eigenvalue weighted by Gasteiger charge is -2.05. The Kier molecular flexibility index (Phi) is 3.63. The molecule has 6 heteroatoms. The number of benzene rings is 1. The quantitative estimate of drug-likeness (QED) is 0.689. The predicted molar refractivity (Wildman–Crippen MR) is 82.4 cm³/mol. The number of rotatable bonds is 3. The van der Waals surface area contributed by atoms with Crippen molar-refractivity contribution in [2.75, 3.05) is 5.75 Å². The topological polar surface area (TPSA) is 43.1 Å². The molecule has 0 bridgehead atoms. The molecule has 4 nitrogen and oxygen atoms in total. The van der Waals surface area contributed by atoms with Crippen LogP contribution in [0.15, 0.2) is 35.5 Å². The lowest BCUT2D eigenvalue weighted by atomic mass is 10.1. The molecule has 0 aliphatic heterocycles. The first kappa shape index (κ1) is 13.4. The van der Waals surface area contributed by atoms with Crippen molar-refractivity contribution in [3.63, 3.8) is 0 Å². The van der Waals surface area contributed by atoms with E-state index in [1.54, 1.807) is 16.3 Å². The van der Waals surface area contributed by atoms with Crippen LogP contribution in [0.3, 0.4) is 0 Å². The first-order chi connectivity index (χ1) is 9.69. The molecule has 2 heterocycles. The van der Waals surface area contributed by atoms with E-state index in [1.807, 2.05) is 18.2 Å². The third-order valence-electron chi connectivity index (χ3n) is 2.96. The number of thioether (sulfide) groups is 1. The van der Waals surface area contributed by atoms with Crippen molar-refractivity contribution < 1.29 is 0 Å². The number of hydrogen-bond acceptors (Lipinski definition) is 4. The Hall–Kier alpha value is -1.59. The Balaban J connectivity index is 2.13. The van der Waals surface area contributed by atoms with Gasteiger partial charge >= 0.3 is 0 Å². The van der Waals surface area contributed by atoms with Crippen LogP contribution < -0.4 is 0 Å². The van der Waals surface area contributed by atoms with Crippen LogP contribution in [0.1, 0.15) is 12.5 Å². The number of aromatic nitrogens is 4. The highest BCUT2D eigenvalue weighted by atomic mass is 35.5.